The number of phenols is 1. The minimum atomic E-state index is 0.0833. The van der Waals surface area contributed by atoms with E-state index < -0.39 is 0 Å². The Morgan fingerprint density at radius 3 is 2.67 bits per heavy atom. The highest BCUT2D eigenvalue weighted by Gasteiger charge is 2.15. The Morgan fingerprint density at radius 2 is 2.00 bits per heavy atom. The number of nitrogens with one attached hydrogen (secondary N) is 2. The highest BCUT2D eigenvalue weighted by atomic mass is 32.2. The fourth-order valence-corrected chi connectivity index (χ4v) is 2.64. The van der Waals surface area contributed by atoms with Crippen molar-refractivity contribution >= 4 is 17.7 Å². The highest BCUT2D eigenvalue weighted by Crippen LogP contribution is 2.20. The van der Waals surface area contributed by atoms with Crippen molar-refractivity contribution in [3.05, 3.63) is 24.3 Å². The van der Waals surface area contributed by atoms with Gasteiger partial charge in [-0.1, -0.05) is 0 Å². The third-order valence-corrected chi connectivity index (χ3v) is 3.92. The highest BCUT2D eigenvalue weighted by molar-refractivity contribution is 8.00. The molecule has 1 aromatic carbocycles. The summed E-state index contributed by atoms with van der Waals surface area (Å²) in [4.78, 5) is 12.7. The van der Waals surface area contributed by atoms with E-state index >= 15 is 0 Å². The predicted molar refractivity (Wildman–Crippen MR) is 72.9 cm³/mol. The first-order valence-electron chi connectivity index (χ1n) is 6.16. The molecule has 98 valence electrons. The summed E-state index contributed by atoms with van der Waals surface area (Å²) in [5.74, 6) is 0.757. The molecule has 0 bridgehead atoms. The molecule has 0 saturated carbocycles. The zero-order valence-electron chi connectivity index (χ0n) is 10.2. The van der Waals surface area contributed by atoms with Crippen LogP contribution in [0.5, 0.6) is 5.75 Å². The predicted octanol–water partition coefficient (Wildman–Crippen LogP) is 1.35. The largest absolute Gasteiger partial charge is 0.508 e. The second kappa shape index (κ2) is 6.66. The Morgan fingerprint density at radius 1 is 1.33 bits per heavy atom. The topological polar surface area (TPSA) is 61.4 Å². The average molecular weight is 266 g/mol. The smallest absolute Gasteiger partial charge is 0.230 e. The second-order valence-corrected chi connectivity index (χ2v) is 5.42. The number of amides is 1. The van der Waals surface area contributed by atoms with Gasteiger partial charge in [0.1, 0.15) is 5.75 Å². The van der Waals surface area contributed by atoms with Crippen LogP contribution in [0.4, 0.5) is 0 Å². The molecule has 0 unspecified atom stereocenters. The molecule has 0 aliphatic carbocycles. The lowest BCUT2D eigenvalue weighted by Crippen LogP contribution is -2.43. The fraction of sp³-hybridized carbons (Fsp3) is 0.462. The molecule has 1 aliphatic rings. The van der Waals surface area contributed by atoms with Crippen molar-refractivity contribution in [2.75, 3.05) is 18.8 Å². The van der Waals surface area contributed by atoms with Gasteiger partial charge in [-0.25, -0.2) is 0 Å². The number of carbonyl (C=O) groups is 1. The Balaban J connectivity index is 1.72. The van der Waals surface area contributed by atoms with Gasteiger partial charge in [0.2, 0.25) is 5.91 Å². The number of benzene rings is 1. The molecule has 1 fully saturated rings. The van der Waals surface area contributed by atoms with Gasteiger partial charge in [0, 0.05) is 10.9 Å². The van der Waals surface area contributed by atoms with Gasteiger partial charge in [-0.2, -0.15) is 0 Å². The first-order chi connectivity index (χ1) is 8.74. The second-order valence-electron chi connectivity index (χ2n) is 4.37. The van der Waals surface area contributed by atoms with Crippen LogP contribution in [0.3, 0.4) is 0 Å². The van der Waals surface area contributed by atoms with E-state index in [9.17, 15) is 4.79 Å². The summed E-state index contributed by atoms with van der Waals surface area (Å²) in [5.41, 5.74) is 0. The van der Waals surface area contributed by atoms with Crippen molar-refractivity contribution in [2.24, 2.45) is 0 Å². The van der Waals surface area contributed by atoms with Crippen LogP contribution in [0, 0.1) is 0 Å². The number of carbonyl (C=O) groups excluding carboxylic acids is 1. The molecule has 1 heterocycles. The van der Waals surface area contributed by atoms with Crippen molar-refractivity contribution in [3.8, 4) is 5.75 Å². The minimum absolute atomic E-state index is 0.0833. The van der Waals surface area contributed by atoms with E-state index in [2.05, 4.69) is 10.6 Å². The molecular formula is C13H18N2O2S. The Kier molecular flexibility index (Phi) is 4.90. The van der Waals surface area contributed by atoms with Crippen molar-refractivity contribution in [3.63, 3.8) is 0 Å². The maximum atomic E-state index is 11.7. The third kappa shape index (κ3) is 4.23. The van der Waals surface area contributed by atoms with Gasteiger partial charge in [0.05, 0.1) is 5.75 Å². The number of phenolic OH excluding ortho intramolecular Hbond substituents is 1. The molecule has 2 rings (SSSR count). The van der Waals surface area contributed by atoms with E-state index in [1.54, 1.807) is 12.1 Å². The molecule has 1 aromatic rings. The van der Waals surface area contributed by atoms with E-state index in [0.29, 0.717) is 11.8 Å². The summed E-state index contributed by atoms with van der Waals surface area (Å²) in [5, 5.41) is 15.5. The quantitative estimate of drug-likeness (QED) is 0.720. The molecule has 5 heteroatoms. The van der Waals surface area contributed by atoms with E-state index in [0.717, 1.165) is 30.8 Å². The van der Waals surface area contributed by atoms with Crippen molar-refractivity contribution in [1.29, 1.82) is 0 Å². The number of hydrogen-bond acceptors (Lipinski definition) is 4. The third-order valence-electron chi connectivity index (χ3n) is 2.91. The van der Waals surface area contributed by atoms with E-state index in [1.807, 2.05) is 12.1 Å². The first kappa shape index (κ1) is 13.2. The number of aromatic hydroxyl groups is 1. The minimum Gasteiger partial charge on any atom is -0.508 e. The SMILES string of the molecule is O=C(CSc1ccc(O)cc1)NC1CCNCC1. The van der Waals surface area contributed by atoms with Crippen LogP contribution in [0.25, 0.3) is 0 Å². The fourth-order valence-electron chi connectivity index (χ4n) is 1.93. The van der Waals surface area contributed by atoms with Crippen molar-refractivity contribution < 1.29 is 9.90 Å². The van der Waals surface area contributed by atoms with E-state index in [1.165, 1.54) is 11.8 Å². The van der Waals surface area contributed by atoms with Crippen LogP contribution >= 0.6 is 11.8 Å². The molecule has 0 aromatic heterocycles. The van der Waals surface area contributed by atoms with Crippen LogP contribution in [-0.2, 0) is 4.79 Å². The summed E-state index contributed by atoms with van der Waals surface area (Å²) in [6, 6.07) is 7.22. The van der Waals surface area contributed by atoms with Gasteiger partial charge in [-0.05, 0) is 50.2 Å². The monoisotopic (exact) mass is 266 g/mol. The van der Waals surface area contributed by atoms with E-state index in [4.69, 9.17) is 5.11 Å². The maximum Gasteiger partial charge on any atom is 0.230 e. The Bertz CT molecular complexity index is 388. The van der Waals surface area contributed by atoms with Gasteiger partial charge in [-0.3, -0.25) is 4.79 Å². The molecule has 0 radical (unpaired) electrons. The molecule has 4 nitrogen and oxygen atoms in total. The standard InChI is InChI=1S/C13H18N2O2S/c16-11-1-3-12(4-2-11)18-9-13(17)15-10-5-7-14-8-6-10/h1-4,10,14,16H,5-9H2,(H,15,17). The molecule has 0 atom stereocenters. The van der Waals surface area contributed by atoms with Crippen LogP contribution in [0.1, 0.15) is 12.8 Å². The van der Waals surface area contributed by atoms with E-state index in [-0.39, 0.29) is 11.7 Å². The zero-order valence-corrected chi connectivity index (χ0v) is 11.0. The van der Waals surface area contributed by atoms with Gasteiger partial charge in [-0.15, -0.1) is 11.8 Å². The van der Waals surface area contributed by atoms with Crippen LogP contribution in [0.15, 0.2) is 29.2 Å². The summed E-state index contributed by atoms with van der Waals surface area (Å²) in [7, 11) is 0. The first-order valence-corrected chi connectivity index (χ1v) is 7.14. The molecular weight excluding hydrogens is 248 g/mol. The lowest BCUT2D eigenvalue weighted by Gasteiger charge is -2.23. The molecule has 1 amide bonds. The number of hydrogen-bond donors (Lipinski definition) is 3. The summed E-state index contributed by atoms with van der Waals surface area (Å²) in [6.45, 7) is 1.96. The average Bonchev–Trinajstić information content (AvgIpc) is 2.39. The molecule has 0 spiro atoms. The maximum absolute atomic E-state index is 11.7. The molecule has 1 saturated heterocycles. The summed E-state index contributed by atoms with van der Waals surface area (Å²) < 4.78 is 0. The Labute approximate surface area is 111 Å². The summed E-state index contributed by atoms with van der Waals surface area (Å²) in [6.07, 6.45) is 2.02. The zero-order chi connectivity index (χ0) is 12.8. The van der Waals surface area contributed by atoms with Gasteiger partial charge in [0.15, 0.2) is 0 Å². The summed E-state index contributed by atoms with van der Waals surface area (Å²) >= 11 is 1.49. The number of thioether (sulfide) groups is 1. The Hall–Kier alpha value is -1.20. The molecule has 18 heavy (non-hydrogen) atoms. The lowest BCUT2D eigenvalue weighted by atomic mass is 10.1. The van der Waals surface area contributed by atoms with Crippen LogP contribution in [-0.4, -0.2) is 35.9 Å². The van der Waals surface area contributed by atoms with Gasteiger partial charge >= 0.3 is 0 Å². The molecule has 1 aliphatic heterocycles. The number of rotatable bonds is 4. The normalized spacial score (nSPS) is 16.4. The molecule has 3 N–H and O–H groups in total. The van der Waals surface area contributed by atoms with Crippen LogP contribution in [0.2, 0.25) is 0 Å². The van der Waals surface area contributed by atoms with Crippen molar-refractivity contribution in [2.45, 2.75) is 23.8 Å². The lowest BCUT2D eigenvalue weighted by molar-refractivity contribution is -0.119. The van der Waals surface area contributed by atoms with Gasteiger partial charge in [0.25, 0.3) is 0 Å². The number of piperidine rings is 1. The van der Waals surface area contributed by atoms with Crippen LogP contribution < -0.4 is 10.6 Å². The van der Waals surface area contributed by atoms with Crippen molar-refractivity contribution in [1.82, 2.24) is 10.6 Å². The van der Waals surface area contributed by atoms with Gasteiger partial charge < -0.3 is 15.7 Å².